The minimum Gasteiger partial charge on any atom is -0.481 e. The number of hydrogen-bond acceptors (Lipinski definition) is 4. The number of hydrogen-bond donors (Lipinski definition) is 2. The molecule has 0 bridgehead atoms. The Labute approximate surface area is 88.4 Å². The topological polar surface area (TPSA) is 92.3 Å². The third kappa shape index (κ3) is 4.61. The van der Waals surface area contributed by atoms with Gasteiger partial charge in [0.25, 0.3) is 5.97 Å². The second-order valence-electron chi connectivity index (χ2n) is 2.10. The van der Waals surface area contributed by atoms with E-state index in [0.29, 0.717) is 10.2 Å². The highest BCUT2D eigenvalue weighted by Crippen LogP contribution is 2.12. The number of carbonyl (C=O) groups is 2. The fourth-order valence-electron chi connectivity index (χ4n) is 0.517. The maximum absolute atomic E-state index is 10.8. The average molecular weight is 265 g/mol. The number of methoxy groups -OCH3 is 1. The lowest BCUT2D eigenvalue weighted by molar-refractivity contribution is -0.134. The smallest absolute Gasteiger partial charge is 0.357 e. The van der Waals surface area contributed by atoms with Crippen LogP contribution in [0.3, 0.4) is 0 Å². The number of carboxylic acids is 1. The van der Waals surface area contributed by atoms with Gasteiger partial charge in [0.1, 0.15) is 0 Å². The molecule has 0 unspecified atom stereocenters. The summed E-state index contributed by atoms with van der Waals surface area (Å²) in [4.78, 5) is 19.8. The van der Waals surface area contributed by atoms with Crippen molar-refractivity contribution in [3.05, 3.63) is 16.4 Å². The Bertz CT molecular complexity index is 319. The number of aromatic nitrogens is 2. The fraction of sp³-hybridized carbons (Fsp3) is 0.286. The number of ether oxygens (including phenoxy) is 1. The van der Waals surface area contributed by atoms with Crippen LogP contribution in [-0.4, -0.2) is 34.4 Å². The number of nitrogens with one attached hydrogen (secondary N) is 1. The van der Waals surface area contributed by atoms with Gasteiger partial charge in [-0.2, -0.15) is 5.10 Å². The lowest BCUT2D eigenvalue weighted by atomic mass is 10.4. The van der Waals surface area contributed by atoms with Crippen molar-refractivity contribution in [2.75, 3.05) is 7.11 Å². The predicted molar refractivity (Wildman–Crippen MR) is 50.9 cm³/mol. The van der Waals surface area contributed by atoms with Crippen LogP contribution in [0.5, 0.6) is 0 Å². The molecule has 0 saturated carbocycles. The van der Waals surface area contributed by atoms with Crippen LogP contribution in [0.1, 0.15) is 17.4 Å². The van der Waals surface area contributed by atoms with E-state index >= 15 is 0 Å². The van der Waals surface area contributed by atoms with Crippen molar-refractivity contribution in [3.63, 3.8) is 0 Å². The number of halogens is 1. The van der Waals surface area contributed by atoms with E-state index in [9.17, 15) is 4.79 Å². The molecule has 0 aliphatic rings. The highest BCUT2D eigenvalue weighted by molar-refractivity contribution is 9.10. The number of nitrogens with zero attached hydrogens (tertiary/aromatic N) is 1. The second kappa shape index (κ2) is 6.14. The van der Waals surface area contributed by atoms with Crippen molar-refractivity contribution < 1.29 is 19.4 Å². The van der Waals surface area contributed by atoms with Gasteiger partial charge in [0.15, 0.2) is 5.69 Å². The van der Waals surface area contributed by atoms with Gasteiger partial charge in [-0.1, -0.05) is 0 Å². The van der Waals surface area contributed by atoms with E-state index < -0.39 is 11.9 Å². The fourth-order valence-corrected chi connectivity index (χ4v) is 0.870. The Kier molecular flexibility index (Phi) is 5.54. The number of aromatic amines is 1. The van der Waals surface area contributed by atoms with Crippen LogP contribution < -0.4 is 0 Å². The van der Waals surface area contributed by atoms with Crippen LogP contribution in [-0.2, 0) is 9.53 Å². The van der Waals surface area contributed by atoms with E-state index in [-0.39, 0.29) is 0 Å². The summed E-state index contributed by atoms with van der Waals surface area (Å²) >= 11 is 3.11. The third-order valence-corrected chi connectivity index (χ3v) is 1.58. The maximum atomic E-state index is 10.8. The highest BCUT2D eigenvalue weighted by Gasteiger charge is 2.10. The van der Waals surface area contributed by atoms with Crippen LogP contribution in [0, 0.1) is 0 Å². The van der Waals surface area contributed by atoms with Gasteiger partial charge in [0.05, 0.1) is 17.8 Å². The first kappa shape index (κ1) is 12.6. The SMILES string of the molecule is CC(=O)O.COC(=O)c1[nH]ncc1Br. The van der Waals surface area contributed by atoms with E-state index in [1.165, 1.54) is 13.3 Å². The molecule has 14 heavy (non-hydrogen) atoms. The second-order valence-corrected chi connectivity index (χ2v) is 2.96. The van der Waals surface area contributed by atoms with Crippen LogP contribution in [0.15, 0.2) is 10.7 Å². The van der Waals surface area contributed by atoms with Gasteiger partial charge >= 0.3 is 5.97 Å². The van der Waals surface area contributed by atoms with E-state index in [4.69, 9.17) is 9.90 Å². The van der Waals surface area contributed by atoms with Crippen molar-refractivity contribution in [3.8, 4) is 0 Å². The Morgan fingerprint density at radius 3 is 2.43 bits per heavy atom. The van der Waals surface area contributed by atoms with Gasteiger partial charge in [-0.05, 0) is 15.9 Å². The minimum atomic E-state index is -0.833. The van der Waals surface area contributed by atoms with Crippen molar-refractivity contribution in [1.82, 2.24) is 10.2 Å². The number of esters is 1. The average Bonchev–Trinajstić information content (AvgIpc) is 2.49. The molecule has 7 heteroatoms. The number of carbonyl (C=O) groups excluding carboxylic acids is 1. The largest absolute Gasteiger partial charge is 0.481 e. The molecule has 1 aromatic rings. The molecule has 0 aromatic carbocycles. The first-order chi connectivity index (χ1) is 6.49. The van der Waals surface area contributed by atoms with E-state index in [2.05, 4.69) is 30.9 Å². The molecule has 0 atom stereocenters. The summed E-state index contributed by atoms with van der Waals surface area (Å²) in [5.74, 6) is -1.26. The third-order valence-electron chi connectivity index (χ3n) is 0.983. The molecular weight excluding hydrogens is 256 g/mol. The molecule has 6 nitrogen and oxygen atoms in total. The first-order valence-corrected chi connectivity index (χ1v) is 4.25. The molecule has 1 heterocycles. The van der Waals surface area contributed by atoms with E-state index in [1.807, 2.05) is 0 Å². The summed E-state index contributed by atoms with van der Waals surface area (Å²) in [7, 11) is 1.32. The van der Waals surface area contributed by atoms with Crippen LogP contribution in [0.4, 0.5) is 0 Å². The first-order valence-electron chi connectivity index (χ1n) is 3.45. The zero-order chi connectivity index (χ0) is 11.1. The number of H-pyrrole nitrogens is 1. The van der Waals surface area contributed by atoms with Gasteiger partial charge in [0.2, 0.25) is 0 Å². The monoisotopic (exact) mass is 264 g/mol. The molecule has 2 N–H and O–H groups in total. The summed E-state index contributed by atoms with van der Waals surface area (Å²) in [6.45, 7) is 1.08. The van der Waals surface area contributed by atoms with Crippen molar-refractivity contribution in [2.24, 2.45) is 0 Å². The van der Waals surface area contributed by atoms with Gasteiger partial charge < -0.3 is 9.84 Å². The predicted octanol–water partition coefficient (Wildman–Crippen LogP) is 1.05. The van der Waals surface area contributed by atoms with Gasteiger partial charge in [-0.15, -0.1) is 0 Å². The Hall–Kier alpha value is -1.37. The molecule has 1 aromatic heterocycles. The molecule has 0 aliphatic heterocycles. The van der Waals surface area contributed by atoms with E-state index in [1.54, 1.807) is 0 Å². The quantitative estimate of drug-likeness (QED) is 0.740. The molecule has 0 radical (unpaired) electrons. The summed E-state index contributed by atoms with van der Waals surface area (Å²) in [5.41, 5.74) is 0.336. The number of carboxylic acid groups (broad SMARTS) is 1. The van der Waals surface area contributed by atoms with Gasteiger partial charge in [-0.3, -0.25) is 9.89 Å². The standard InChI is InChI=1S/C5H5BrN2O2.C2H4O2/c1-10-5(9)4-3(6)2-7-8-4;1-2(3)4/h2H,1H3,(H,7,8);1H3,(H,3,4). The molecule has 0 saturated heterocycles. The van der Waals surface area contributed by atoms with Gasteiger partial charge in [0, 0.05) is 6.92 Å². The zero-order valence-corrected chi connectivity index (χ0v) is 9.16. The number of aliphatic carboxylic acids is 1. The van der Waals surface area contributed by atoms with E-state index in [0.717, 1.165) is 6.92 Å². The molecule has 78 valence electrons. The van der Waals surface area contributed by atoms with Crippen molar-refractivity contribution in [1.29, 1.82) is 0 Å². The number of rotatable bonds is 1. The van der Waals surface area contributed by atoms with Crippen molar-refractivity contribution >= 4 is 27.9 Å². The lowest BCUT2D eigenvalue weighted by Gasteiger charge is -1.92. The van der Waals surface area contributed by atoms with Crippen LogP contribution >= 0.6 is 15.9 Å². The zero-order valence-electron chi connectivity index (χ0n) is 7.57. The maximum Gasteiger partial charge on any atom is 0.357 e. The molecule has 0 spiro atoms. The van der Waals surface area contributed by atoms with Crippen molar-refractivity contribution in [2.45, 2.75) is 6.92 Å². The Morgan fingerprint density at radius 2 is 2.14 bits per heavy atom. The van der Waals surface area contributed by atoms with Gasteiger partial charge in [-0.25, -0.2) is 4.79 Å². The molecule has 1 rings (SSSR count). The summed E-state index contributed by atoms with van der Waals surface area (Å²) in [5, 5.41) is 13.5. The molecular formula is C7H9BrN2O4. The molecule has 0 amide bonds. The normalized spacial score (nSPS) is 8.50. The summed E-state index contributed by atoms with van der Waals surface area (Å²) in [6, 6.07) is 0. The minimum absolute atomic E-state index is 0.336. The van der Waals surface area contributed by atoms with Crippen LogP contribution in [0.2, 0.25) is 0 Å². The summed E-state index contributed by atoms with van der Waals surface area (Å²) < 4.78 is 5.05. The lowest BCUT2D eigenvalue weighted by Crippen LogP contribution is -2.01. The molecule has 0 fully saturated rings. The van der Waals surface area contributed by atoms with Crippen LogP contribution in [0.25, 0.3) is 0 Å². The Morgan fingerprint density at radius 1 is 1.64 bits per heavy atom. The summed E-state index contributed by atoms with van der Waals surface area (Å²) in [6.07, 6.45) is 1.49. The molecule has 0 aliphatic carbocycles. The highest BCUT2D eigenvalue weighted by atomic mass is 79.9. The Balaban J connectivity index is 0.000000364.